The molecule has 0 bridgehead atoms. The number of nitrogens with zero attached hydrogens (tertiary/aromatic N) is 4. The number of rotatable bonds is 9. The zero-order chi connectivity index (χ0) is 28.9. The van der Waals surface area contributed by atoms with Gasteiger partial charge in [-0.3, -0.25) is 9.88 Å². The molecule has 0 saturated carbocycles. The van der Waals surface area contributed by atoms with Gasteiger partial charge in [0.25, 0.3) is 0 Å². The number of nitriles is 1. The van der Waals surface area contributed by atoms with Gasteiger partial charge in [-0.15, -0.1) is 0 Å². The largest absolute Gasteiger partial charge is 0.493 e. The van der Waals surface area contributed by atoms with Gasteiger partial charge in [0.15, 0.2) is 11.5 Å². The molecule has 0 spiro atoms. The molecular formula is C30H35ClIN5O2S. The first-order valence-electron chi connectivity index (χ1n) is 13.3. The summed E-state index contributed by atoms with van der Waals surface area (Å²) < 4.78 is 11.8. The molecule has 212 valence electrons. The van der Waals surface area contributed by atoms with Crippen molar-refractivity contribution in [2.24, 2.45) is 0 Å². The Morgan fingerprint density at radius 2 is 1.88 bits per heavy atom. The lowest BCUT2D eigenvalue weighted by Crippen LogP contribution is -2.46. The third-order valence-electron chi connectivity index (χ3n) is 6.41. The molecule has 2 heterocycles. The van der Waals surface area contributed by atoms with Crippen molar-refractivity contribution in [2.45, 2.75) is 27.2 Å². The first-order valence-corrected chi connectivity index (χ1v) is 17.0. The Morgan fingerprint density at radius 1 is 1.12 bits per heavy atom. The van der Waals surface area contributed by atoms with Crippen LogP contribution in [0.1, 0.15) is 31.4 Å². The van der Waals surface area contributed by atoms with Crippen LogP contribution in [-0.2, 0) is 0 Å². The molecule has 1 aliphatic heterocycles. The lowest BCUT2D eigenvalue weighted by atomic mass is 10.1. The minimum atomic E-state index is 0.417. The van der Waals surface area contributed by atoms with Gasteiger partial charge in [0.1, 0.15) is 6.07 Å². The van der Waals surface area contributed by atoms with Crippen LogP contribution in [0, 0.1) is 29.4 Å². The van der Waals surface area contributed by atoms with Crippen molar-refractivity contribution < 1.29 is 9.47 Å². The Bertz CT molecular complexity index is 1380. The van der Waals surface area contributed by atoms with E-state index in [2.05, 4.69) is 58.5 Å². The van der Waals surface area contributed by atoms with Crippen LogP contribution in [0.4, 0.5) is 11.4 Å². The fourth-order valence-electron chi connectivity index (χ4n) is 4.36. The topological polar surface area (TPSA) is 73.6 Å². The monoisotopic (exact) mass is 691 g/mol. The predicted molar refractivity (Wildman–Crippen MR) is 176 cm³/mol. The van der Waals surface area contributed by atoms with E-state index in [0.29, 0.717) is 45.6 Å². The predicted octanol–water partition coefficient (Wildman–Crippen LogP) is 7.28. The standard InChI is InChI=1S/C28H29ClIN5O2S.C2H6/c1-20-5-6-24(23(29)15-20)33-28-21(18-31)19-32-25-17-27(26(36-2)16-22(25)28)37-13-3-7-34-9-11-35(12-10-34)8-4-14-38-30;1-2/h5-6,15-17,19H,3,7-13H2,1-2H3,(H,32,33);1-2H3. The first-order chi connectivity index (χ1) is 19.5. The number of methoxy groups -OCH3 is 1. The van der Waals surface area contributed by atoms with E-state index in [4.69, 9.17) is 21.1 Å². The lowest BCUT2D eigenvalue weighted by Gasteiger charge is -2.33. The lowest BCUT2D eigenvalue weighted by molar-refractivity contribution is 0.136. The second-order valence-corrected chi connectivity index (χ2v) is 11.0. The summed E-state index contributed by atoms with van der Waals surface area (Å²) in [5.74, 6) is 4.41. The summed E-state index contributed by atoms with van der Waals surface area (Å²) in [4.78, 5) is 9.37. The molecule has 1 aromatic heterocycles. The number of nitrogens with one attached hydrogen (secondary N) is 1. The number of anilines is 2. The molecule has 1 aliphatic rings. The van der Waals surface area contributed by atoms with Crippen LogP contribution in [0.2, 0.25) is 5.02 Å². The van der Waals surface area contributed by atoms with Crippen molar-refractivity contribution in [1.82, 2.24) is 14.8 Å². The molecule has 0 atom stereocenters. The molecule has 3 aromatic rings. The summed E-state index contributed by atoms with van der Waals surface area (Å²) in [5.41, 5.74) is 3.52. The van der Waals surface area contributed by atoms with E-state index in [1.165, 1.54) is 8.93 Å². The Labute approximate surface area is 259 Å². The third-order valence-corrected chi connectivity index (χ3v) is 7.61. The maximum absolute atomic E-state index is 9.73. The van der Waals surface area contributed by atoms with Crippen LogP contribution < -0.4 is 14.8 Å². The molecule has 7 nitrogen and oxygen atoms in total. The molecule has 2 aromatic carbocycles. The van der Waals surface area contributed by atoms with Gasteiger partial charge in [0.05, 0.1) is 47.7 Å². The number of aromatic nitrogens is 1. The Hall–Kier alpha value is -2.41. The number of benzene rings is 2. The highest BCUT2D eigenvalue weighted by atomic mass is 127. The van der Waals surface area contributed by atoms with Gasteiger partial charge in [0.2, 0.25) is 0 Å². The van der Waals surface area contributed by atoms with E-state index in [1.807, 2.05) is 51.1 Å². The molecule has 40 heavy (non-hydrogen) atoms. The number of hydrogen-bond donors (Lipinski definition) is 1. The van der Waals surface area contributed by atoms with Crippen molar-refractivity contribution in [1.29, 1.82) is 5.26 Å². The Balaban J connectivity index is 0.00000216. The summed E-state index contributed by atoms with van der Waals surface area (Å²) in [5, 5.41) is 17.4. The average molecular weight is 692 g/mol. The molecule has 1 saturated heterocycles. The molecule has 0 unspecified atom stereocenters. The fraction of sp³-hybridized carbons (Fsp3) is 0.400. The number of pyridine rings is 1. The summed E-state index contributed by atoms with van der Waals surface area (Å²) in [6.07, 6.45) is 2.47. The minimum absolute atomic E-state index is 0.417. The zero-order valence-electron chi connectivity index (χ0n) is 23.4. The van der Waals surface area contributed by atoms with E-state index in [0.717, 1.165) is 56.6 Å². The van der Waals surface area contributed by atoms with Crippen molar-refractivity contribution in [3.8, 4) is 28.7 Å². The highest BCUT2D eigenvalue weighted by Gasteiger charge is 2.17. The quantitative estimate of drug-likeness (QED) is 0.143. The van der Waals surface area contributed by atoms with Gasteiger partial charge in [-0.05, 0) is 51.3 Å². The second-order valence-electron chi connectivity index (χ2n) is 8.96. The van der Waals surface area contributed by atoms with Crippen LogP contribution in [-0.4, -0.2) is 67.8 Å². The van der Waals surface area contributed by atoms with Crippen LogP contribution in [0.3, 0.4) is 0 Å². The molecule has 10 heteroatoms. The number of aryl methyl sites for hydroxylation is 1. The van der Waals surface area contributed by atoms with Gasteiger partial charge in [0, 0.05) is 71.6 Å². The van der Waals surface area contributed by atoms with E-state index in [9.17, 15) is 5.26 Å². The SMILES string of the molecule is CC.COc1cc2c(Nc3ccc(C)cc3Cl)c(C#N)cnc2cc1OCCCN1CCN(CC#CSI)CC1. The average Bonchev–Trinajstić information content (AvgIpc) is 2.98. The van der Waals surface area contributed by atoms with Gasteiger partial charge in [-0.1, -0.05) is 37.4 Å². The summed E-state index contributed by atoms with van der Waals surface area (Å²) in [7, 11) is 3.15. The van der Waals surface area contributed by atoms with Crippen molar-refractivity contribution in [3.63, 3.8) is 0 Å². The van der Waals surface area contributed by atoms with E-state index in [1.54, 1.807) is 13.3 Å². The third kappa shape index (κ3) is 8.79. The zero-order valence-corrected chi connectivity index (χ0v) is 27.1. The Morgan fingerprint density at radius 3 is 2.55 bits per heavy atom. The van der Waals surface area contributed by atoms with E-state index < -0.39 is 0 Å². The van der Waals surface area contributed by atoms with E-state index >= 15 is 0 Å². The Kier molecular flexibility index (Phi) is 13.5. The minimum Gasteiger partial charge on any atom is -0.493 e. The van der Waals surface area contributed by atoms with Gasteiger partial charge in [-0.25, -0.2) is 0 Å². The maximum Gasteiger partial charge on any atom is 0.163 e. The molecule has 1 fully saturated rings. The highest BCUT2D eigenvalue weighted by molar-refractivity contribution is 14.2. The highest BCUT2D eigenvalue weighted by Crippen LogP contribution is 2.38. The molecule has 0 aliphatic carbocycles. The number of ether oxygens (including phenoxy) is 2. The van der Waals surface area contributed by atoms with Gasteiger partial charge in [-0.2, -0.15) is 5.26 Å². The van der Waals surface area contributed by atoms with Crippen molar-refractivity contribution >= 4 is 64.0 Å². The number of halogens is 2. The van der Waals surface area contributed by atoms with Crippen LogP contribution in [0.15, 0.2) is 36.5 Å². The molecule has 1 N–H and O–H groups in total. The van der Waals surface area contributed by atoms with Crippen LogP contribution >= 0.6 is 41.7 Å². The molecular weight excluding hydrogens is 657 g/mol. The smallest absolute Gasteiger partial charge is 0.163 e. The van der Waals surface area contributed by atoms with Crippen LogP contribution in [0.5, 0.6) is 11.5 Å². The van der Waals surface area contributed by atoms with Gasteiger partial charge >= 0.3 is 0 Å². The van der Waals surface area contributed by atoms with Crippen molar-refractivity contribution in [3.05, 3.63) is 52.7 Å². The number of hydrogen-bond acceptors (Lipinski definition) is 8. The van der Waals surface area contributed by atoms with Crippen LogP contribution in [0.25, 0.3) is 10.9 Å². The summed E-state index contributed by atoms with van der Waals surface area (Å²) >= 11 is 8.65. The second kappa shape index (κ2) is 16.8. The molecule has 4 rings (SSSR count). The number of piperazine rings is 1. The van der Waals surface area contributed by atoms with E-state index in [-0.39, 0.29) is 0 Å². The summed E-state index contributed by atoms with van der Waals surface area (Å²) in [6.45, 7) is 12.5. The molecule has 0 amide bonds. The maximum atomic E-state index is 9.73. The normalized spacial score (nSPS) is 13.4. The van der Waals surface area contributed by atoms with Crippen molar-refractivity contribution in [2.75, 3.05) is 58.3 Å². The number of fused-ring (bicyclic) bond motifs is 1. The molecule has 0 radical (unpaired) electrons. The first kappa shape index (κ1) is 32.1. The van der Waals surface area contributed by atoms with Gasteiger partial charge < -0.3 is 19.7 Å². The summed E-state index contributed by atoms with van der Waals surface area (Å²) in [6, 6.07) is 11.7. The fourth-order valence-corrected chi connectivity index (χ4v) is 5.23.